The van der Waals surface area contributed by atoms with E-state index in [1.165, 1.54) is 20.8 Å². The van der Waals surface area contributed by atoms with Gasteiger partial charge < -0.3 is 35.4 Å². The molecule has 0 bridgehead atoms. The van der Waals surface area contributed by atoms with Gasteiger partial charge in [0.1, 0.15) is 5.60 Å². The van der Waals surface area contributed by atoms with Gasteiger partial charge in [0.25, 0.3) is 0 Å². The summed E-state index contributed by atoms with van der Waals surface area (Å²) in [5, 5.41) is 59.0. The average molecular weight is 420 g/mol. The number of carbonyl (C=O) groups is 2. The van der Waals surface area contributed by atoms with Gasteiger partial charge in [0.15, 0.2) is 40.1 Å². The molecule has 6 N–H and O–H groups in total. The van der Waals surface area contributed by atoms with Crippen LogP contribution in [0.5, 0.6) is 34.5 Å². The molecule has 0 heterocycles. The number of aliphatic hydroxyl groups is 1. The molecule has 0 saturated carbocycles. The van der Waals surface area contributed by atoms with Crippen LogP contribution < -0.4 is 4.74 Å². The summed E-state index contributed by atoms with van der Waals surface area (Å²) in [5.41, 5.74) is -3.75. The predicted molar refractivity (Wildman–Crippen MR) is 105 cm³/mol. The lowest BCUT2D eigenvalue weighted by molar-refractivity contribution is 0.0388. The molecule has 9 heteroatoms. The van der Waals surface area contributed by atoms with Crippen LogP contribution in [-0.2, 0) is 0 Å². The Bertz CT molecular complexity index is 983. The lowest BCUT2D eigenvalue weighted by Gasteiger charge is -2.26. The summed E-state index contributed by atoms with van der Waals surface area (Å²) in [4.78, 5) is 25.3. The van der Waals surface area contributed by atoms with Crippen LogP contribution in [0.2, 0.25) is 0 Å². The molecule has 2 aromatic rings. The van der Waals surface area contributed by atoms with Crippen LogP contribution >= 0.6 is 0 Å². The van der Waals surface area contributed by atoms with Crippen LogP contribution in [0.3, 0.4) is 0 Å². The SMILES string of the molecule is CCC(C)(O)C(=O)c1cc(O)c(O)c(OC(C)(C)C(=O)c2cc(O)c(O)c(O)c2)c1. The molecule has 0 aromatic heterocycles. The second-order valence-corrected chi connectivity index (χ2v) is 7.60. The maximum atomic E-state index is 12.8. The van der Waals surface area contributed by atoms with Gasteiger partial charge in [-0.1, -0.05) is 6.92 Å². The van der Waals surface area contributed by atoms with Gasteiger partial charge in [-0.25, -0.2) is 0 Å². The van der Waals surface area contributed by atoms with Gasteiger partial charge in [0.2, 0.25) is 11.5 Å². The number of hydrogen-bond donors (Lipinski definition) is 6. The summed E-state index contributed by atoms with van der Waals surface area (Å²) in [6.07, 6.45) is 0.0987. The topological polar surface area (TPSA) is 165 Å². The highest BCUT2D eigenvalue weighted by Crippen LogP contribution is 2.41. The smallest absolute Gasteiger partial charge is 0.206 e. The Labute approximate surface area is 172 Å². The van der Waals surface area contributed by atoms with Gasteiger partial charge in [-0.05, 0) is 51.5 Å². The zero-order valence-corrected chi connectivity index (χ0v) is 16.9. The number of carbonyl (C=O) groups excluding carboxylic acids is 2. The summed E-state index contributed by atoms with van der Waals surface area (Å²) in [6.45, 7) is 5.55. The molecular weight excluding hydrogens is 396 g/mol. The summed E-state index contributed by atoms with van der Waals surface area (Å²) in [6, 6.07) is 3.91. The quantitative estimate of drug-likeness (QED) is 0.292. The lowest BCUT2D eigenvalue weighted by atomic mass is 9.92. The van der Waals surface area contributed by atoms with Gasteiger partial charge in [0, 0.05) is 11.1 Å². The van der Waals surface area contributed by atoms with Crippen LogP contribution in [0.1, 0.15) is 54.8 Å². The normalized spacial score (nSPS) is 13.5. The van der Waals surface area contributed by atoms with E-state index < -0.39 is 57.3 Å². The molecule has 9 nitrogen and oxygen atoms in total. The standard InChI is InChI=1S/C21H24O9/c1-5-21(4,29)19(28)11-8-14(24)17(26)15(9-11)30-20(2,3)18(27)10-6-12(22)16(25)13(23)7-10/h6-9,22-26,29H,5H2,1-4H3. The van der Waals surface area contributed by atoms with E-state index in [0.717, 1.165) is 24.3 Å². The van der Waals surface area contributed by atoms with Crippen LogP contribution in [0.15, 0.2) is 24.3 Å². The predicted octanol–water partition coefficient (Wildman–Crippen LogP) is 2.60. The Balaban J connectivity index is 2.45. The van der Waals surface area contributed by atoms with Crippen molar-refractivity contribution in [1.82, 2.24) is 0 Å². The third kappa shape index (κ3) is 4.25. The van der Waals surface area contributed by atoms with Crippen LogP contribution in [0, 0.1) is 0 Å². The zero-order valence-electron chi connectivity index (χ0n) is 16.9. The van der Waals surface area contributed by atoms with Crippen LogP contribution in [0.4, 0.5) is 0 Å². The number of phenolic OH excluding ortho intramolecular Hbond substituents is 5. The van der Waals surface area contributed by atoms with E-state index in [4.69, 9.17) is 4.74 Å². The first-order valence-electron chi connectivity index (χ1n) is 9.03. The molecule has 0 saturated heterocycles. The minimum atomic E-state index is -1.72. The second kappa shape index (κ2) is 7.75. The highest BCUT2D eigenvalue weighted by Gasteiger charge is 2.35. The van der Waals surface area contributed by atoms with Gasteiger partial charge in [-0.2, -0.15) is 0 Å². The van der Waals surface area contributed by atoms with Crippen molar-refractivity contribution in [3.8, 4) is 34.5 Å². The summed E-state index contributed by atoms with van der Waals surface area (Å²) >= 11 is 0. The number of rotatable bonds is 7. The minimum Gasteiger partial charge on any atom is -0.504 e. The van der Waals surface area contributed by atoms with Gasteiger partial charge in [0.05, 0.1) is 0 Å². The number of aromatic hydroxyl groups is 5. The van der Waals surface area contributed by atoms with E-state index in [0.29, 0.717) is 0 Å². The maximum Gasteiger partial charge on any atom is 0.206 e. The molecule has 0 aliphatic carbocycles. The molecule has 0 spiro atoms. The monoisotopic (exact) mass is 420 g/mol. The molecular formula is C21H24O9. The number of ether oxygens (including phenoxy) is 1. The van der Waals surface area contributed by atoms with Gasteiger partial charge >= 0.3 is 0 Å². The number of benzene rings is 2. The van der Waals surface area contributed by atoms with Crippen molar-refractivity contribution < 1.29 is 45.0 Å². The minimum absolute atomic E-state index is 0.0987. The summed E-state index contributed by atoms with van der Waals surface area (Å²) in [5.74, 6) is -5.50. The molecule has 0 aliphatic heterocycles. The Morgan fingerprint density at radius 2 is 1.23 bits per heavy atom. The molecule has 1 unspecified atom stereocenters. The first-order valence-corrected chi connectivity index (χ1v) is 9.03. The second-order valence-electron chi connectivity index (χ2n) is 7.60. The molecule has 2 rings (SSSR count). The number of ketones is 2. The van der Waals surface area contributed by atoms with Crippen molar-refractivity contribution in [2.45, 2.75) is 45.3 Å². The Morgan fingerprint density at radius 1 is 0.800 bits per heavy atom. The first kappa shape index (κ1) is 22.8. The maximum absolute atomic E-state index is 12.8. The third-order valence-corrected chi connectivity index (χ3v) is 4.74. The van der Waals surface area contributed by atoms with E-state index in [1.807, 2.05) is 0 Å². The van der Waals surface area contributed by atoms with Gasteiger partial charge in [-0.3, -0.25) is 9.59 Å². The zero-order chi connectivity index (χ0) is 23.0. The average Bonchev–Trinajstić information content (AvgIpc) is 2.67. The lowest BCUT2D eigenvalue weighted by Crippen LogP contribution is -2.38. The molecule has 1 atom stereocenters. The van der Waals surface area contributed by atoms with Crippen LogP contribution in [0.25, 0.3) is 0 Å². The number of Topliss-reactive ketones (excluding diaryl/α,β-unsaturated/α-hetero) is 2. The van der Waals surface area contributed by atoms with Crippen molar-refractivity contribution in [1.29, 1.82) is 0 Å². The molecule has 0 radical (unpaired) electrons. The largest absolute Gasteiger partial charge is 0.504 e. The molecule has 2 aromatic carbocycles. The summed E-state index contributed by atoms with van der Waals surface area (Å²) in [7, 11) is 0. The fourth-order valence-corrected chi connectivity index (χ4v) is 2.68. The molecule has 162 valence electrons. The van der Waals surface area contributed by atoms with Crippen LogP contribution in [-0.4, -0.2) is 53.4 Å². The van der Waals surface area contributed by atoms with Crippen molar-refractivity contribution in [3.05, 3.63) is 35.4 Å². The fraction of sp³-hybridized carbons (Fsp3) is 0.333. The first-order chi connectivity index (χ1) is 13.7. The van der Waals surface area contributed by atoms with Crippen molar-refractivity contribution in [2.24, 2.45) is 0 Å². The Morgan fingerprint density at radius 3 is 1.70 bits per heavy atom. The van der Waals surface area contributed by atoms with E-state index >= 15 is 0 Å². The van der Waals surface area contributed by atoms with Crippen molar-refractivity contribution in [3.63, 3.8) is 0 Å². The van der Waals surface area contributed by atoms with Crippen molar-refractivity contribution >= 4 is 11.6 Å². The number of phenols is 5. The number of hydrogen-bond acceptors (Lipinski definition) is 9. The highest BCUT2D eigenvalue weighted by atomic mass is 16.5. The van der Waals surface area contributed by atoms with E-state index in [1.54, 1.807) is 6.92 Å². The molecule has 30 heavy (non-hydrogen) atoms. The highest BCUT2D eigenvalue weighted by molar-refractivity contribution is 6.04. The van der Waals surface area contributed by atoms with Gasteiger partial charge in [-0.15, -0.1) is 0 Å². The molecule has 0 aliphatic rings. The fourth-order valence-electron chi connectivity index (χ4n) is 2.68. The summed E-state index contributed by atoms with van der Waals surface area (Å²) < 4.78 is 5.56. The third-order valence-electron chi connectivity index (χ3n) is 4.74. The van der Waals surface area contributed by atoms with E-state index in [-0.39, 0.29) is 17.5 Å². The van der Waals surface area contributed by atoms with E-state index in [9.17, 15) is 40.2 Å². The van der Waals surface area contributed by atoms with E-state index in [2.05, 4.69) is 0 Å². The Hall–Kier alpha value is -3.46. The molecule has 0 fully saturated rings. The molecule has 0 amide bonds. The Kier molecular flexibility index (Phi) is 5.90. The van der Waals surface area contributed by atoms with Crippen molar-refractivity contribution in [2.75, 3.05) is 0 Å².